The lowest BCUT2D eigenvalue weighted by molar-refractivity contribution is -0.148. The summed E-state index contributed by atoms with van der Waals surface area (Å²) in [7, 11) is 0. The number of alkyl carbamates (subject to hydrolysis) is 1. The van der Waals surface area contributed by atoms with Gasteiger partial charge in [0.05, 0.1) is 31.6 Å². The highest BCUT2D eigenvalue weighted by atomic mass is 16.5. The zero-order chi connectivity index (χ0) is 31.6. The standard InChI is InChI=1S/C34H64N2O6/c1-7-11-13-15-17-19-24-41-31(38)26-29(27(5)9-3)33(39)35-23-21-22-30(37)32(28(6)10-4)36-34(40)42-25-20-18-16-14-12-8-2/h27-29,32H,7-26H2,1-6H3,(H,35,39)(H,36,40)/t27?,28?,29-,32-/m0/s1. The van der Waals surface area contributed by atoms with Gasteiger partial charge < -0.3 is 20.1 Å². The lowest BCUT2D eigenvalue weighted by Crippen LogP contribution is -2.45. The molecule has 246 valence electrons. The molecular formula is C34H64N2O6. The average Bonchev–Trinajstić information content (AvgIpc) is 2.98. The molecule has 2 unspecified atom stereocenters. The van der Waals surface area contributed by atoms with Crippen LogP contribution in [0.5, 0.6) is 0 Å². The first-order chi connectivity index (χ1) is 20.2. The van der Waals surface area contributed by atoms with Gasteiger partial charge in [-0.1, -0.05) is 119 Å². The lowest BCUT2D eigenvalue weighted by Gasteiger charge is -2.23. The van der Waals surface area contributed by atoms with Crippen molar-refractivity contribution in [2.24, 2.45) is 17.8 Å². The molecule has 2 N–H and O–H groups in total. The molecule has 0 aliphatic rings. The largest absolute Gasteiger partial charge is 0.466 e. The van der Waals surface area contributed by atoms with E-state index in [1.807, 2.05) is 27.7 Å². The van der Waals surface area contributed by atoms with E-state index in [9.17, 15) is 19.2 Å². The van der Waals surface area contributed by atoms with Crippen molar-refractivity contribution in [3.63, 3.8) is 0 Å². The van der Waals surface area contributed by atoms with E-state index in [1.165, 1.54) is 38.5 Å². The molecule has 0 spiro atoms. The quantitative estimate of drug-likeness (QED) is 0.0736. The molecule has 0 saturated heterocycles. The molecule has 0 heterocycles. The van der Waals surface area contributed by atoms with Crippen LogP contribution in [-0.4, -0.2) is 49.6 Å². The third-order valence-corrected chi connectivity index (χ3v) is 8.28. The van der Waals surface area contributed by atoms with E-state index in [2.05, 4.69) is 24.5 Å². The number of hydrogen-bond donors (Lipinski definition) is 2. The second-order valence-electron chi connectivity index (χ2n) is 12.0. The van der Waals surface area contributed by atoms with Crippen LogP contribution >= 0.6 is 0 Å². The molecule has 0 bridgehead atoms. The predicted molar refractivity (Wildman–Crippen MR) is 170 cm³/mol. The van der Waals surface area contributed by atoms with Crippen molar-refractivity contribution in [3.8, 4) is 0 Å². The highest BCUT2D eigenvalue weighted by Gasteiger charge is 2.28. The third kappa shape index (κ3) is 19.9. The van der Waals surface area contributed by atoms with Gasteiger partial charge >= 0.3 is 12.1 Å². The number of carbonyl (C=O) groups is 4. The first-order valence-corrected chi connectivity index (χ1v) is 17.1. The SMILES string of the molecule is CCCCCCCCOC(=O)C[C@H](C(=O)NCCCC(=O)[C@@H](NC(=O)OCCCCCCCC)C(C)CC)C(C)CC. The Morgan fingerprint density at radius 3 is 1.71 bits per heavy atom. The Kier molecular flexibility index (Phi) is 25.2. The molecule has 4 atom stereocenters. The van der Waals surface area contributed by atoms with Crippen molar-refractivity contribution in [1.29, 1.82) is 0 Å². The van der Waals surface area contributed by atoms with Crippen molar-refractivity contribution in [3.05, 3.63) is 0 Å². The van der Waals surface area contributed by atoms with Gasteiger partial charge in [-0.2, -0.15) is 0 Å². The number of unbranched alkanes of at least 4 members (excludes halogenated alkanes) is 10. The van der Waals surface area contributed by atoms with Crippen LogP contribution in [0.1, 0.15) is 151 Å². The minimum atomic E-state index is -0.614. The van der Waals surface area contributed by atoms with Crippen LogP contribution in [0.15, 0.2) is 0 Å². The molecule has 0 rings (SSSR count). The highest BCUT2D eigenvalue weighted by molar-refractivity contribution is 5.88. The Morgan fingerprint density at radius 2 is 1.17 bits per heavy atom. The first kappa shape index (κ1) is 39.9. The molecular weight excluding hydrogens is 532 g/mol. The van der Waals surface area contributed by atoms with Crippen molar-refractivity contribution in [2.75, 3.05) is 19.8 Å². The van der Waals surface area contributed by atoms with Gasteiger partial charge in [-0.15, -0.1) is 0 Å². The normalized spacial score (nSPS) is 14.0. The van der Waals surface area contributed by atoms with Crippen LogP contribution in [0.4, 0.5) is 4.79 Å². The summed E-state index contributed by atoms with van der Waals surface area (Å²) in [5, 5.41) is 5.69. The molecule has 0 aliphatic carbocycles. The summed E-state index contributed by atoms with van der Waals surface area (Å²) in [5.74, 6) is -1.01. The molecule has 0 aromatic rings. The van der Waals surface area contributed by atoms with Gasteiger partial charge in [0.1, 0.15) is 0 Å². The zero-order valence-corrected chi connectivity index (χ0v) is 27.9. The molecule has 0 aromatic heterocycles. The van der Waals surface area contributed by atoms with E-state index in [4.69, 9.17) is 9.47 Å². The Balaban J connectivity index is 4.56. The summed E-state index contributed by atoms with van der Waals surface area (Å²) in [4.78, 5) is 50.7. The summed E-state index contributed by atoms with van der Waals surface area (Å²) < 4.78 is 10.7. The van der Waals surface area contributed by atoms with Crippen molar-refractivity contribution in [1.82, 2.24) is 10.6 Å². The number of esters is 1. The van der Waals surface area contributed by atoms with Gasteiger partial charge in [0.2, 0.25) is 5.91 Å². The summed E-state index contributed by atoms with van der Waals surface area (Å²) in [6.07, 6.45) is 15.1. The lowest BCUT2D eigenvalue weighted by atomic mass is 9.88. The molecule has 0 aromatic carbocycles. The van der Waals surface area contributed by atoms with E-state index in [1.54, 1.807) is 0 Å². The number of amides is 2. The number of carbonyl (C=O) groups excluding carboxylic acids is 4. The summed E-state index contributed by atoms with van der Waals surface area (Å²) in [5.41, 5.74) is 0. The number of Topliss-reactive ketones (excluding diaryl/α,β-unsaturated/α-hetero) is 1. The van der Waals surface area contributed by atoms with Gasteiger partial charge in [-0.05, 0) is 31.1 Å². The van der Waals surface area contributed by atoms with Gasteiger partial charge in [0, 0.05) is 13.0 Å². The highest BCUT2D eigenvalue weighted by Crippen LogP contribution is 2.20. The fourth-order valence-electron chi connectivity index (χ4n) is 4.90. The van der Waals surface area contributed by atoms with E-state index in [0.29, 0.717) is 26.2 Å². The maximum Gasteiger partial charge on any atom is 0.407 e. The fraction of sp³-hybridized carbons (Fsp3) is 0.882. The predicted octanol–water partition coefficient (Wildman–Crippen LogP) is 7.91. The molecule has 0 aliphatic heterocycles. The third-order valence-electron chi connectivity index (χ3n) is 8.28. The van der Waals surface area contributed by atoms with Crippen LogP contribution in [0, 0.1) is 17.8 Å². The van der Waals surface area contributed by atoms with Crippen molar-refractivity contribution >= 4 is 23.8 Å². The van der Waals surface area contributed by atoms with Gasteiger partial charge in [-0.25, -0.2) is 4.79 Å². The Morgan fingerprint density at radius 1 is 0.643 bits per heavy atom. The molecule has 42 heavy (non-hydrogen) atoms. The van der Waals surface area contributed by atoms with Crippen LogP contribution in [-0.2, 0) is 23.9 Å². The maximum atomic E-state index is 13.0. The molecule has 0 radical (unpaired) electrons. The minimum absolute atomic E-state index is 0.0224. The zero-order valence-electron chi connectivity index (χ0n) is 27.9. The van der Waals surface area contributed by atoms with Gasteiger partial charge in [-0.3, -0.25) is 14.4 Å². The number of nitrogens with one attached hydrogen (secondary N) is 2. The van der Waals surface area contributed by atoms with Crippen LogP contribution in [0.3, 0.4) is 0 Å². The first-order valence-electron chi connectivity index (χ1n) is 17.1. The summed E-state index contributed by atoms with van der Waals surface area (Å²) in [6.45, 7) is 13.4. The van der Waals surface area contributed by atoms with E-state index in [0.717, 1.165) is 51.4 Å². The second kappa shape index (κ2) is 26.5. The summed E-state index contributed by atoms with van der Waals surface area (Å²) >= 11 is 0. The monoisotopic (exact) mass is 596 g/mol. The molecule has 0 saturated carbocycles. The Labute approximate surface area is 257 Å². The summed E-state index contributed by atoms with van der Waals surface area (Å²) in [6, 6.07) is -0.614. The van der Waals surface area contributed by atoms with Crippen LogP contribution in [0.25, 0.3) is 0 Å². The van der Waals surface area contributed by atoms with Crippen molar-refractivity contribution < 1.29 is 28.7 Å². The van der Waals surface area contributed by atoms with E-state index < -0.39 is 18.1 Å². The maximum absolute atomic E-state index is 13.0. The van der Waals surface area contributed by atoms with Crippen LogP contribution < -0.4 is 10.6 Å². The molecule has 2 amide bonds. The van der Waals surface area contributed by atoms with Gasteiger partial charge in [0.15, 0.2) is 5.78 Å². The van der Waals surface area contributed by atoms with E-state index >= 15 is 0 Å². The number of ketones is 1. The Bertz CT molecular complexity index is 669. The van der Waals surface area contributed by atoms with Crippen molar-refractivity contribution in [2.45, 2.75) is 157 Å². The minimum Gasteiger partial charge on any atom is -0.466 e. The van der Waals surface area contributed by atoms with Gasteiger partial charge in [0.25, 0.3) is 0 Å². The number of ether oxygens (including phenoxy) is 2. The molecule has 8 heteroatoms. The Hall–Kier alpha value is -2.12. The smallest absolute Gasteiger partial charge is 0.407 e. The average molecular weight is 597 g/mol. The second-order valence-corrected chi connectivity index (χ2v) is 12.0. The number of hydrogen-bond acceptors (Lipinski definition) is 6. The van der Waals surface area contributed by atoms with E-state index in [-0.39, 0.29) is 42.3 Å². The molecule has 8 nitrogen and oxygen atoms in total. The molecule has 0 fully saturated rings. The topological polar surface area (TPSA) is 111 Å². The van der Waals surface area contributed by atoms with Crippen LogP contribution in [0.2, 0.25) is 0 Å². The fourth-order valence-corrected chi connectivity index (χ4v) is 4.90. The number of rotatable bonds is 27.